The van der Waals surface area contributed by atoms with Gasteiger partial charge in [-0.15, -0.1) is 10.2 Å². The van der Waals surface area contributed by atoms with Crippen LogP contribution in [0.1, 0.15) is 114 Å². The van der Waals surface area contributed by atoms with E-state index in [4.69, 9.17) is 20.9 Å². The minimum absolute atomic E-state index is 0.101. The highest BCUT2D eigenvalue weighted by Gasteiger charge is 2.31. The zero-order valence-electron chi connectivity index (χ0n) is 45.9. The smallest absolute Gasteiger partial charge is 0.136 e. The Morgan fingerprint density at radius 2 is 1.33 bits per heavy atom. The molecular weight excluding hydrogens is 599 g/mol. The van der Waals surface area contributed by atoms with Gasteiger partial charge < -0.3 is 4.42 Å². The Morgan fingerprint density at radius 1 is 0.592 bits per heavy atom. The van der Waals surface area contributed by atoms with Crippen molar-refractivity contribution >= 4 is 21.9 Å². The number of hydrogen-bond acceptors (Lipinski definition) is 4. The average molecular weight is 660 g/mol. The van der Waals surface area contributed by atoms with Crippen LogP contribution in [-0.4, -0.2) is 15.4 Å². The van der Waals surface area contributed by atoms with Gasteiger partial charge in [-0.1, -0.05) is 123 Å². The molecule has 2 aromatic heterocycles. The highest BCUT2D eigenvalue weighted by molar-refractivity contribution is 6.18. The molecule has 242 valence electrons. The molecular formula is C45H41N3O. The Bertz CT molecular complexity index is 3180. The predicted molar refractivity (Wildman–Crippen MR) is 201 cm³/mol. The van der Waals surface area contributed by atoms with Crippen molar-refractivity contribution in [1.29, 1.82) is 0 Å². The fourth-order valence-electron chi connectivity index (χ4n) is 6.70. The fourth-order valence-corrected chi connectivity index (χ4v) is 6.70. The molecule has 7 aromatic rings. The van der Waals surface area contributed by atoms with Crippen molar-refractivity contribution in [2.24, 2.45) is 0 Å². The van der Waals surface area contributed by atoms with E-state index in [2.05, 4.69) is 15.4 Å². The van der Waals surface area contributed by atoms with Crippen LogP contribution in [0, 0.1) is 0 Å². The standard InChI is InChI=1S/C45H41N3O/c1-4-14-30(15-5-1)33-20-10-11-21-35(33)36-26-27-41-45(37-22-12-13-23-40(37)49-41)43(36)38-25-24-34(31-16-6-2-7-17-31)42(32-18-8-3-9-19-32)44(38)39-28-29-46-48-47-39/h1,4-5,10-15,20-29,31-32H,2-3,6-9,16-19H2/i2D2,3D2,6D2,7D2,8D2,9D2,16D,17D2,18D,19D2,31D,32D. The number of para-hydroxylation sites is 1. The highest BCUT2D eigenvalue weighted by atomic mass is 16.3. The van der Waals surface area contributed by atoms with E-state index in [1.807, 2.05) is 48.5 Å². The summed E-state index contributed by atoms with van der Waals surface area (Å²) in [5, 5.41) is 12.7. The van der Waals surface area contributed by atoms with E-state index in [-0.39, 0.29) is 16.7 Å². The summed E-state index contributed by atoms with van der Waals surface area (Å²) in [6.07, 6.45) is -36.3. The van der Waals surface area contributed by atoms with E-state index >= 15 is 0 Å². The molecule has 0 amide bonds. The van der Waals surface area contributed by atoms with Gasteiger partial charge in [-0.05, 0) is 106 Å². The van der Waals surface area contributed by atoms with Crippen LogP contribution in [0.5, 0.6) is 0 Å². The van der Waals surface area contributed by atoms with E-state index in [0.29, 0.717) is 33.0 Å². The van der Waals surface area contributed by atoms with Crippen LogP contribution in [0.3, 0.4) is 0 Å². The van der Waals surface area contributed by atoms with Gasteiger partial charge in [0, 0.05) is 49.3 Å². The largest absolute Gasteiger partial charge is 0.456 e. The normalized spacial score (nSPS) is 38.4. The number of nitrogens with zero attached hydrogens (tertiary/aromatic N) is 3. The number of aromatic nitrogens is 3. The predicted octanol–water partition coefficient (Wildman–Crippen LogP) is 12.5. The van der Waals surface area contributed by atoms with Gasteiger partial charge >= 0.3 is 0 Å². The molecule has 2 heterocycles. The van der Waals surface area contributed by atoms with Gasteiger partial charge in [0.2, 0.25) is 0 Å². The molecule has 0 N–H and O–H groups in total. The van der Waals surface area contributed by atoms with E-state index in [0.717, 1.165) is 17.8 Å². The molecule has 2 aliphatic rings. The minimum Gasteiger partial charge on any atom is -0.456 e. The molecule has 4 unspecified atom stereocenters. The highest BCUT2D eigenvalue weighted by Crippen LogP contribution is 2.52. The zero-order chi connectivity index (χ0) is 50.5. The van der Waals surface area contributed by atoms with Gasteiger partial charge in [-0.3, -0.25) is 0 Å². The Balaban J connectivity index is 1.57. The first kappa shape index (κ1) is 15.6. The molecule has 4 heteroatoms. The van der Waals surface area contributed by atoms with Gasteiger partial charge in [0.15, 0.2) is 0 Å². The fraction of sp³-hybridized carbons (Fsp3) is 0.267. The van der Waals surface area contributed by atoms with Gasteiger partial charge in [-0.25, -0.2) is 0 Å². The van der Waals surface area contributed by atoms with Gasteiger partial charge in [-0.2, -0.15) is 0 Å². The Kier molecular flexibility index (Phi) is 4.17. The molecule has 5 aromatic carbocycles. The number of hydrogen-bond donors (Lipinski definition) is 0. The molecule has 4 atom stereocenters. The summed E-state index contributed by atoms with van der Waals surface area (Å²) in [6, 6.07) is 30.2. The summed E-state index contributed by atoms with van der Waals surface area (Å²) >= 11 is 0. The quantitative estimate of drug-likeness (QED) is 0.178. The average Bonchev–Trinajstić information content (AvgIpc) is 3.70. The molecule has 9 rings (SSSR count). The van der Waals surface area contributed by atoms with Crippen LogP contribution in [0.4, 0.5) is 0 Å². The summed E-state index contributed by atoms with van der Waals surface area (Å²) in [4.78, 5) is 0. The van der Waals surface area contributed by atoms with Crippen LogP contribution in [-0.2, 0) is 0 Å². The molecule has 0 saturated heterocycles. The van der Waals surface area contributed by atoms with Crippen molar-refractivity contribution in [3.05, 3.63) is 127 Å². The van der Waals surface area contributed by atoms with E-state index in [1.165, 1.54) is 12.1 Å². The number of benzene rings is 5. The summed E-state index contributed by atoms with van der Waals surface area (Å²) in [7, 11) is 0. The maximum absolute atomic E-state index is 10.4. The van der Waals surface area contributed by atoms with Crippen LogP contribution in [0.15, 0.2) is 120 Å². The Morgan fingerprint density at radius 3 is 2.16 bits per heavy atom. The van der Waals surface area contributed by atoms with E-state index in [1.54, 1.807) is 42.5 Å². The minimum atomic E-state index is -4.08. The second kappa shape index (κ2) is 13.1. The number of rotatable bonds is 6. The molecule has 2 saturated carbocycles. The lowest BCUT2D eigenvalue weighted by Gasteiger charge is -2.33. The monoisotopic (exact) mass is 659 g/mol. The molecule has 0 aliphatic heterocycles. The maximum Gasteiger partial charge on any atom is 0.136 e. The molecule has 2 fully saturated rings. The first-order valence-corrected chi connectivity index (χ1v) is 15.7. The van der Waals surface area contributed by atoms with Crippen LogP contribution in [0.2, 0.25) is 0 Å². The number of furan rings is 1. The van der Waals surface area contributed by atoms with E-state index < -0.39 is 97.9 Å². The molecule has 4 nitrogen and oxygen atoms in total. The van der Waals surface area contributed by atoms with Crippen molar-refractivity contribution < 1.29 is 31.8 Å². The lowest BCUT2D eigenvalue weighted by molar-refractivity contribution is 0.419. The topological polar surface area (TPSA) is 51.8 Å². The SMILES string of the molecule is [2H]C1C([2H])([2H])C([2H])([2H])C([2H])([2H])C([2H])([2H])C1([2H])c1ccc(-c2c(-c3ccccc3-c3ccccc3)ccc3oc4ccccc4c23)c(-c2ccnnn2)c1C1([2H])C([2H])C([2H])([2H])C([2H])([2H])C([2H])([2H])C1([2H])[2H]. The number of fused-ring (bicyclic) bond motifs is 3. The van der Waals surface area contributed by atoms with Crippen molar-refractivity contribution in [3.63, 3.8) is 0 Å². The van der Waals surface area contributed by atoms with Gasteiger partial charge in [0.25, 0.3) is 0 Å². The summed E-state index contributed by atoms with van der Waals surface area (Å²) in [5.74, 6) is -7.64. The van der Waals surface area contributed by atoms with Crippen LogP contribution >= 0.6 is 0 Å². The second-order valence-electron chi connectivity index (χ2n) is 11.4. The lowest BCUT2D eigenvalue weighted by Crippen LogP contribution is -2.15. The zero-order valence-corrected chi connectivity index (χ0v) is 25.9. The van der Waals surface area contributed by atoms with Crippen LogP contribution in [0.25, 0.3) is 66.6 Å². The lowest BCUT2D eigenvalue weighted by atomic mass is 9.72. The maximum atomic E-state index is 10.4. The first-order chi connectivity index (χ1) is 31.9. The third-order valence-electron chi connectivity index (χ3n) is 8.74. The van der Waals surface area contributed by atoms with Gasteiger partial charge in [0.05, 0.1) is 11.9 Å². The Hall–Kier alpha value is -5.09. The van der Waals surface area contributed by atoms with Crippen molar-refractivity contribution in [2.75, 3.05) is 0 Å². The molecule has 0 spiro atoms. The molecule has 0 radical (unpaired) electrons. The third kappa shape index (κ3) is 5.44. The molecule has 0 bridgehead atoms. The summed E-state index contributed by atoms with van der Waals surface area (Å²) in [6.45, 7) is 0. The third-order valence-corrected chi connectivity index (χ3v) is 8.74. The van der Waals surface area contributed by atoms with Gasteiger partial charge in [0.1, 0.15) is 11.2 Å². The van der Waals surface area contributed by atoms with Crippen molar-refractivity contribution in [3.8, 4) is 44.6 Å². The molecule has 2 aliphatic carbocycles. The van der Waals surface area contributed by atoms with Crippen LogP contribution < -0.4 is 0 Å². The summed E-state index contributed by atoms with van der Waals surface area (Å²) < 4.78 is 190. The summed E-state index contributed by atoms with van der Waals surface area (Å²) in [5.41, 5.74) is -0.000865. The first-order valence-electron chi connectivity index (χ1n) is 25.9. The van der Waals surface area contributed by atoms with Crippen molar-refractivity contribution in [2.45, 2.75) is 75.6 Å². The Labute approximate surface area is 316 Å². The van der Waals surface area contributed by atoms with E-state index in [9.17, 15) is 11.0 Å². The van der Waals surface area contributed by atoms with Crippen molar-refractivity contribution in [1.82, 2.24) is 15.4 Å². The molecule has 49 heavy (non-hydrogen) atoms. The second-order valence-corrected chi connectivity index (χ2v) is 11.4.